The summed E-state index contributed by atoms with van der Waals surface area (Å²) in [5.41, 5.74) is 0. The molecule has 6 aliphatic rings. The molecule has 0 saturated heterocycles. The van der Waals surface area contributed by atoms with Crippen LogP contribution < -0.4 is 0 Å². The summed E-state index contributed by atoms with van der Waals surface area (Å²) in [6.45, 7) is 9.23. The maximum absolute atomic E-state index is 2.42. The van der Waals surface area contributed by atoms with Gasteiger partial charge in [0, 0.05) is 9.75 Å². The second kappa shape index (κ2) is 28.8. The Kier molecular flexibility index (Phi) is 24.6. The van der Waals surface area contributed by atoms with E-state index in [4.69, 9.17) is 0 Å². The third-order valence-electron chi connectivity index (χ3n) is 9.35. The Morgan fingerprint density at radius 1 is 0.328 bits per heavy atom. The Balaban J connectivity index is 0.878. The van der Waals surface area contributed by atoms with Crippen molar-refractivity contribution in [2.24, 2.45) is 0 Å². The molecular weight excluding hydrogens is 1070 g/mol. The molecule has 0 fully saturated rings. The van der Waals surface area contributed by atoms with Gasteiger partial charge < -0.3 is 0 Å². The van der Waals surface area contributed by atoms with Crippen LogP contribution in [0.2, 0.25) is 0 Å². The van der Waals surface area contributed by atoms with Crippen molar-refractivity contribution < 1.29 is 0 Å². The second-order valence-electron chi connectivity index (χ2n) is 14.5. The van der Waals surface area contributed by atoms with Gasteiger partial charge >= 0.3 is 0 Å². The number of hydrogen-bond donors (Lipinski definition) is 0. The lowest BCUT2D eigenvalue weighted by Crippen LogP contribution is -1.83. The summed E-state index contributed by atoms with van der Waals surface area (Å²) in [5, 5.41) is 0. The van der Waals surface area contributed by atoms with E-state index < -0.39 is 0 Å². The summed E-state index contributed by atoms with van der Waals surface area (Å²) >= 11 is 34.7. The number of thioether (sulfide) groups is 16. The van der Waals surface area contributed by atoms with E-state index in [1.54, 1.807) is 16.9 Å². The van der Waals surface area contributed by atoms with Crippen LogP contribution in [0.5, 0.6) is 0 Å². The molecule has 1 aromatic heterocycles. The van der Waals surface area contributed by atoms with Crippen molar-refractivity contribution in [1.82, 2.24) is 0 Å². The minimum Gasteiger partial charge on any atom is -0.136 e. The highest BCUT2D eigenvalue weighted by Gasteiger charge is 2.36. The first-order chi connectivity index (χ1) is 30.0. The first-order valence-electron chi connectivity index (χ1n) is 21.7. The van der Waals surface area contributed by atoms with E-state index in [0.717, 1.165) is 0 Å². The number of unbranched alkanes of at least 4 members (excludes halogenated alkanes) is 12. The zero-order valence-electron chi connectivity index (χ0n) is 35.4. The third kappa shape index (κ3) is 16.4. The molecular formula is C44H56S17. The van der Waals surface area contributed by atoms with E-state index in [2.05, 4.69) is 146 Å². The van der Waals surface area contributed by atoms with Crippen LogP contribution in [0.15, 0.2) is 71.5 Å². The van der Waals surface area contributed by atoms with Crippen molar-refractivity contribution in [2.45, 2.75) is 130 Å². The van der Waals surface area contributed by atoms with Crippen LogP contribution in [0, 0.1) is 0 Å². The maximum Gasteiger partial charge on any atom is 0.0718 e. The van der Waals surface area contributed by atoms with Crippen LogP contribution in [0.1, 0.15) is 140 Å². The Morgan fingerprint density at radius 2 is 0.590 bits per heavy atom. The summed E-state index contributed by atoms with van der Waals surface area (Å²) in [4.78, 5) is 2.71. The molecule has 334 valence electrons. The van der Waals surface area contributed by atoms with Gasteiger partial charge in [0.15, 0.2) is 0 Å². The van der Waals surface area contributed by atoms with E-state index in [-0.39, 0.29) is 0 Å². The molecule has 7 heterocycles. The normalized spacial score (nSPS) is 19.1. The fraction of sp³-hybridized carbons (Fsp3) is 0.545. The molecule has 0 spiro atoms. The summed E-state index contributed by atoms with van der Waals surface area (Å²) in [6, 6.07) is 4.64. The average molecular weight is 1130 g/mol. The van der Waals surface area contributed by atoms with Gasteiger partial charge in [-0.25, -0.2) is 0 Å². The van der Waals surface area contributed by atoms with Crippen LogP contribution in [-0.4, -0.2) is 23.0 Å². The highest BCUT2D eigenvalue weighted by molar-refractivity contribution is 8.51. The molecule has 0 aliphatic carbocycles. The van der Waals surface area contributed by atoms with E-state index in [9.17, 15) is 0 Å². The average Bonchev–Trinajstić information content (AvgIpc) is 4.12. The fourth-order valence-electron chi connectivity index (χ4n) is 6.08. The molecule has 0 unspecified atom stereocenters. The van der Waals surface area contributed by atoms with Gasteiger partial charge in [-0.05, 0) is 73.0 Å². The molecule has 6 aliphatic heterocycles. The van der Waals surface area contributed by atoms with Gasteiger partial charge in [0.25, 0.3) is 0 Å². The topological polar surface area (TPSA) is 0 Å². The lowest BCUT2D eigenvalue weighted by Gasteiger charge is -2.06. The molecule has 0 aromatic carbocycles. The first kappa shape index (κ1) is 52.1. The fourth-order valence-corrected chi connectivity index (χ4v) is 32.4. The predicted octanol–water partition coefficient (Wildman–Crippen LogP) is 23.2. The molecule has 7 rings (SSSR count). The van der Waals surface area contributed by atoms with Gasteiger partial charge in [-0.1, -0.05) is 246 Å². The molecule has 0 N–H and O–H groups in total. The third-order valence-corrected chi connectivity index (χ3v) is 33.7. The van der Waals surface area contributed by atoms with Crippen LogP contribution in [0.25, 0.3) is 12.2 Å². The highest BCUT2D eigenvalue weighted by atomic mass is 32.3. The van der Waals surface area contributed by atoms with Crippen LogP contribution in [0.3, 0.4) is 0 Å². The Morgan fingerprint density at radius 3 is 0.869 bits per heavy atom. The summed E-state index contributed by atoms with van der Waals surface area (Å²) < 4.78 is 21.1. The maximum atomic E-state index is 2.42. The smallest absolute Gasteiger partial charge is 0.0718 e. The second-order valence-corrected chi connectivity index (χ2v) is 36.0. The lowest BCUT2D eigenvalue weighted by atomic mass is 10.2. The standard InChI is InChI=1S/C44H56S17/c1-5-9-13-17-23-45-33-34(46-24-18-14-10-6-2)55-41(54-33)43-58-37-38(59-43)51-31(50-37)27-29-21-22-30(49-29)28-32-52-39-40(53-32)61-44(60-39)42-56-35(47-25-19-15-11-7-3)36(57-42)48-26-20-16-12-8-4/h21-22,27-28H,5-20,23-26H2,1-4H3. The van der Waals surface area contributed by atoms with Crippen LogP contribution in [-0.2, 0) is 0 Å². The zero-order valence-corrected chi connectivity index (χ0v) is 49.3. The number of thiophene rings is 1. The summed E-state index contributed by atoms with van der Waals surface area (Å²) in [7, 11) is 0. The van der Waals surface area contributed by atoms with Crippen molar-refractivity contribution in [2.75, 3.05) is 23.0 Å². The number of rotatable bonds is 26. The highest BCUT2D eigenvalue weighted by Crippen LogP contribution is 2.72. The van der Waals surface area contributed by atoms with Gasteiger partial charge in [0.1, 0.15) is 0 Å². The molecule has 0 amide bonds. The van der Waals surface area contributed by atoms with Gasteiger partial charge in [0.2, 0.25) is 0 Å². The minimum absolute atomic E-state index is 1.26. The van der Waals surface area contributed by atoms with E-state index >= 15 is 0 Å². The molecule has 61 heavy (non-hydrogen) atoms. The predicted molar refractivity (Wildman–Crippen MR) is 320 cm³/mol. The molecule has 0 atom stereocenters. The van der Waals surface area contributed by atoms with Gasteiger partial charge in [-0.3, -0.25) is 0 Å². The largest absolute Gasteiger partial charge is 0.136 e. The summed E-state index contributed by atoms with van der Waals surface area (Å²) in [5.74, 6) is 5.02. The summed E-state index contributed by atoms with van der Waals surface area (Å²) in [6.07, 6.45) is 26.4. The Bertz CT molecular complexity index is 1690. The molecule has 0 radical (unpaired) electrons. The molecule has 0 bridgehead atoms. The molecule has 0 saturated carbocycles. The lowest BCUT2D eigenvalue weighted by molar-refractivity contribution is 0.707. The van der Waals surface area contributed by atoms with Crippen molar-refractivity contribution in [3.8, 4) is 0 Å². The molecule has 17 heteroatoms. The quantitative estimate of drug-likeness (QED) is 0.0808. The van der Waals surface area contributed by atoms with E-state index in [0.29, 0.717) is 0 Å². The van der Waals surface area contributed by atoms with Crippen molar-refractivity contribution in [3.05, 3.63) is 81.2 Å². The van der Waals surface area contributed by atoms with Gasteiger partial charge in [-0.15, -0.1) is 58.4 Å². The van der Waals surface area contributed by atoms with Crippen molar-refractivity contribution in [3.63, 3.8) is 0 Å². The van der Waals surface area contributed by atoms with E-state index in [1.165, 1.54) is 178 Å². The van der Waals surface area contributed by atoms with Gasteiger partial charge in [0.05, 0.1) is 59.3 Å². The molecule has 1 aromatic rings. The zero-order chi connectivity index (χ0) is 42.2. The molecule has 0 nitrogen and oxygen atoms in total. The number of hydrogen-bond acceptors (Lipinski definition) is 17. The van der Waals surface area contributed by atoms with Crippen LogP contribution in [0.4, 0.5) is 0 Å². The Hall–Kier alpha value is 3.22. The first-order valence-corrected chi connectivity index (χ1v) is 36.2. The van der Waals surface area contributed by atoms with E-state index in [1.807, 2.05) is 105 Å². The Labute approximate surface area is 440 Å². The monoisotopic (exact) mass is 1130 g/mol. The van der Waals surface area contributed by atoms with Gasteiger partial charge in [-0.2, -0.15) is 0 Å². The SMILES string of the molecule is CCCCCCSC1=C(SCCCCCC)SC(=C2SC3=C(SC(=Cc4ccc(C=C5SC6=C(S5)SC(=C5SC(SCCCCCC)=C(SCCCCCC)S5)S6)s4)S3)S2)S1. The van der Waals surface area contributed by atoms with Crippen molar-refractivity contribution >= 4 is 212 Å². The van der Waals surface area contributed by atoms with Crippen LogP contribution >= 0.6 is 200 Å². The minimum atomic E-state index is 1.26. The van der Waals surface area contributed by atoms with Crippen molar-refractivity contribution in [1.29, 1.82) is 0 Å².